The molecule has 0 aromatic carbocycles. The van der Waals surface area contributed by atoms with Crippen molar-refractivity contribution in [3.8, 4) is 0 Å². The highest BCUT2D eigenvalue weighted by molar-refractivity contribution is 5.27. The summed E-state index contributed by atoms with van der Waals surface area (Å²) in [5.74, 6) is 1.42. The van der Waals surface area contributed by atoms with Gasteiger partial charge in [0.25, 0.3) is 0 Å². The van der Waals surface area contributed by atoms with Crippen LogP contribution in [0.25, 0.3) is 0 Å². The molecule has 0 radical (unpaired) electrons. The molecule has 1 aliphatic heterocycles. The van der Waals surface area contributed by atoms with E-state index in [1.54, 1.807) is 0 Å². The fourth-order valence-corrected chi connectivity index (χ4v) is 1.26. The van der Waals surface area contributed by atoms with Gasteiger partial charge in [0.05, 0.1) is 0 Å². The Labute approximate surface area is 64.1 Å². The van der Waals surface area contributed by atoms with Gasteiger partial charge in [-0.1, -0.05) is 0 Å². The Morgan fingerprint density at radius 1 is 1.55 bits per heavy atom. The number of aliphatic hydroxyl groups excluding tert-OH is 1. The highest BCUT2D eigenvalue weighted by Crippen LogP contribution is 2.12. The molecule has 60 valence electrons. The Morgan fingerprint density at radius 2 is 2.45 bits per heavy atom. The van der Waals surface area contributed by atoms with Gasteiger partial charge in [-0.3, -0.25) is 4.57 Å². The van der Waals surface area contributed by atoms with Crippen molar-refractivity contribution < 1.29 is 5.11 Å². The monoisotopic (exact) mass is 154 g/mol. The first-order valence-corrected chi connectivity index (χ1v) is 3.68. The molecule has 0 saturated carbocycles. The molecule has 0 spiro atoms. The minimum absolute atomic E-state index is 0.0331. The average molecular weight is 154 g/mol. The molecule has 11 heavy (non-hydrogen) atoms. The Kier molecular flexibility index (Phi) is 1.50. The maximum absolute atomic E-state index is 8.83. The summed E-state index contributed by atoms with van der Waals surface area (Å²) in [7, 11) is 0. The lowest BCUT2D eigenvalue weighted by Crippen LogP contribution is -2.18. The molecule has 5 nitrogen and oxygen atoms in total. The highest BCUT2D eigenvalue weighted by atomic mass is 16.3. The minimum Gasteiger partial charge on any atom is -0.388 e. The second-order valence-electron chi connectivity index (χ2n) is 2.53. The number of fused-ring (bicyclic) bond motifs is 1. The van der Waals surface area contributed by atoms with Crippen molar-refractivity contribution >= 4 is 5.95 Å². The summed E-state index contributed by atoms with van der Waals surface area (Å²) in [4.78, 5) is 0. The molecule has 2 heterocycles. The molecule has 0 atom stereocenters. The minimum atomic E-state index is -0.0331. The van der Waals surface area contributed by atoms with E-state index in [9.17, 15) is 0 Å². The molecule has 0 saturated heterocycles. The molecule has 5 heteroatoms. The number of rotatable bonds is 1. The van der Waals surface area contributed by atoms with Crippen LogP contribution in [0.15, 0.2) is 0 Å². The van der Waals surface area contributed by atoms with Crippen LogP contribution in [0.3, 0.4) is 0 Å². The zero-order chi connectivity index (χ0) is 7.68. The molecule has 1 aromatic heterocycles. The lowest BCUT2D eigenvalue weighted by molar-refractivity contribution is 0.264. The first kappa shape index (κ1) is 6.60. The number of hydrogen-bond donors (Lipinski definition) is 2. The topological polar surface area (TPSA) is 63.0 Å². The van der Waals surface area contributed by atoms with Crippen molar-refractivity contribution in [2.24, 2.45) is 0 Å². The number of nitrogens with zero attached hydrogens (tertiary/aromatic N) is 3. The highest BCUT2D eigenvalue weighted by Gasteiger charge is 2.13. The maximum atomic E-state index is 8.83. The van der Waals surface area contributed by atoms with Gasteiger partial charge in [0, 0.05) is 13.1 Å². The predicted molar refractivity (Wildman–Crippen MR) is 39.1 cm³/mol. The SMILES string of the molecule is OCc1nnc2n1CCCN2. The average Bonchev–Trinajstić information content (AvgIpc) is 2.47. The molecule has 1 aromatic rings. The van der Waals surface area contributed by atoms with Gasteiger partial charge < -0.3 is 10.4 Å². The van der Waals surface area contributed by atoms with Gasteiger partial charge in [-0.05, 0) is 6.42 Å². The Bertz CT molecular complexity index is 244. The number of aliphatic hydroxyl groups is 1. The summed E-state index contributed by atoms with van der Waals surface area (Å²) in [6, 6.07) is 0. The van der Waals surface area contributed by atoms with E-state index in [-0.39, 0.29) is 6.61 Å². The molecular formula is C6H10N4O. The van der Waals surface area contributed by atoms with E-state index in [1.807, 2.05) is 4.57 Å². The Morgan fingerprint density at radius 3 is 3.27 bits per heavy atom. The van der Waals surface area contributed by atoms with Crippen LogP contribution < -0.4 is 5.32 Å². The van der Waals surface area contributed by atoms with Gasteiger partial charge in [0.2, 0.25) is 5.95 Å². The van der Waals surface area contributed by atoms with Crippen molar-refractivity contribution in [2.75, 3.05) is 11.9 Å². The molecule has 0 bridgehead atoms. The molecule has 0 aliphatic carbocycles. The fourth-order valence-electron chi connectivity index (χ4n) is 1.26. The van der Waals surface area contributed by atoms with Crippen LogP contribution >= 0.6 is 0 Å². The van der Waals surface area contributed by atoms with E-state index in [4.69, 9.17) is 5.11 Å². The van der Waals surface area contributed by atoms with Crippen LogP contribution in [-0.4, -0.2) is 26.4 Å². The summed E-state index contributed by atoms with van der Waals surface area (Å²) in [6.45, 7) is 1.82. The zero-order valence-corrected chi connectivity index (χ0v) is 6.12. The van der Waals surface area contributed by atoms with E-state index < -0.39 is 0 Å². The van der Waals surface area contributed by atoms with Crippen molar-refractivity contribution in [2.45, 2.75) is 19.6 Å². The summed E-state index contributed by atoms with van der Waals surface area (Å²) < 4.78 is 1.91. The van der Waals surface area contributed by atoms with Crippen LogP contribution in [-0.2, 0) is 13.2 Å². The second kappa shape index (κ2) is 2.50. The van der Waals surface area contributed by atoms with E-state index in [0.717, 1.165) is 25.5 Å². The smallest absolute Gasteiger partial charge is 0.224 e. The van der Waals surface area contributed by atoms with Crippen LogP contribution in [0.2, 0.25) is 0 Å². The summed E-state index contributed by atoms with van der Waals surface area (Å²) in [5.41, 5.74) is 0. The van der Waals surface area contributed by atoms with Crippen LogP contribution in [0.5, 0.6) is 0 Å². The first-order chi connectivity index (χ1) is 5.42. The Hall–Kier alpha value is -1.10. The Balaban J connectivity index is 2.38. The quantitative estimate of drug-likeness (QED) is 0.577. The normalized spacial score (nSPS) is 15.7. The van der Waals surface area contributed by atoms with Gasteiger partial charge in [0.15, 0.2) is 5.82 Å². The largest absolute Gasteiger partial charge is 0.388 e. The number of nitrogens with one attached hydrogen (secondary N) is 1. The molecule has 2 rings (SSSR count). The van der Waals surface area contributed by atoms with Crippen LogP contribution in [0, 0.1) is 0 Å². The second-order valence-corrected chi connectivity index (χ2v) is 2.53. The maximum Gasteiger partial charge on any atom is 0.224 e. The number of hydrogen-bond acceptors (Lipinski definition) is 4. The molecular weight excluding hydrogens is 144 g/mol. The van der Waals surface area contributed by atoms with E-state index in [2.05, 4.69) is 15.5 Å². The first-order valence-electron chi connectivity index (χ1n) is 3.68. The van der Waals surface area contributed by atoms with Gasteiger partial charge >= 0.3 is 0 Å². The third-order valence-corrected chi connectivity index (χ3v) is 1.81. The molecule has 1 aliphatic rings. The molecule has 0 fully saturated rings. The van der Waals surface area contributed by atoms with Crippen molar-refractivity contribution in [3.63, 3.8) is 0 Å². The predicted octanol–water partition coefficient (Wildman–Crippen LogP) is -0.414. The molecule has 0 amide bonds. The lowest BCUT2D eigenvalue weighted by Gasteiger charge is -2.15. The van der Waals surface area contributed by atoms with E-state index in [1.165, 1.54) is 0 Å². The molecule has 0 unspecified atom stereocenters. The summed E-state index contributed by atoms with van der Waals surface area (Å²) in [6.07, 6.45) is 1.07. The summed E-state index contributed by atoms with van der Waals surface area (Å²) >= 11 is 0. The fraction of sp³-hybridized carbons (Fsp3) is 0.667. The van der Waals surface area contributed by atoms with E-state index >= 15 is 0 Å². The third-order valence-electron chi connectivity index (χ3n) is 1.81. The molecule has 2 N–H and O–H groups in total. The standard InChI is InChI=1S/C6H10N4O/c11-4-5-8-9-6-7-2-1-3-10(5)6/h11H,1-4H2,(H,7,9). The summed E-state index contributed by atoms with van der Waals surface area (Å²) in [5, 5.41) is 19.6. The number of anilines is 1. The van der Waals surface area contributed by atoms with Crippen LogP contribution in [0.1, 0.15) is 12.2 Å². The zero-order valence-electron chi connectivity index (χ0n) is 6.12. The van der Waals surface area contributed by atoms with Gasteiger partial charge in [-0.25, -0.2) is 0 Å². The van der Waals surface area contributed by atoms with Gasteiger partial charge in [-0.15, -0.1) is 10.2 Å². The van der Waals surface area contributed by atoms with Crippen LogP contribution in [0.4, 0.5) is 5.95 Å². The van der Waals surface area contributed by atoms with E-state index in [0.29, 0.717) is 5.82 Å². The van der Waals surface area contributed by atoms with Gasteiger partial charge in [-0.2, -0.15) is 0 Å². The third kappa shape index (κ3) is 0.970. The van der Waals surface area contributed by atoms with Crippen molar-refractivity contribution in [1.29, 1.82) is 0 Å². The van der Waals surface area contributed by atoms with Crippen molar-refractivity contribution in [1.82, 2.24) is 14.8 Å². The lowest BCUT2D eigenvalue weighted by atomic mass is 10.3. The van der Waals surface area contributed by atoms with Crippen molar-refractivity contribution in [3.05, 3.63) is 5.82 Å². The number of aromatic nitrogens is 3. The van der Waals surface area contributed by atoms with Gasteiger partial charge in [0.1, 0.15) is 6.61 Å².